The molecule has 2 fully saturated rings. The van der Waals surface area contributed by atoms with Gasteiger partial charge in [-0.3, -0.25) is 0 Å². The molecule has 0 radical (unpaired) electrons. The van der Waals surface area contributed by atoms with Gasteiger partial charge < -0.3 is 20.1 Å². The highest BCUT2D eigenvalue weighted by Gasteiger charge is 2.51. The lowest BCUT2D eigenvalue weighted by Crippen LogP contribution is -2.59. The van der Waals surface area contributed by atoms with E-state index in [0.29, 0.717) is 19.3 Å². The molecule has 2 unspecified atom stereocenters. The minimum atomic E-state index is -0.861. The summed E-state index contributed by atoms with van der Waals surface area (Å²) in [4.78, 5) is 0. The first kappa shape index (κ1) is 15.7. The molecule has 0 aromatic heterocycles. The Morgan fingerprint density at radius 3 is 2.60 bits per heavy atom. The Bertz CT molecular complexity index is 369. The topological polar surface area (TPSA) is 93.7 Å². The molecule has 1 spiro atoms. The smallest absolute Gasteiger partial charge is 0.0972 e. The van der Waals surface area contributed by atoms with Gasteiger partial charge in [-0.15, -0.1) is 0 Å². The van der Waals surface area contributed by atoms with E-state index in [2.05, 4.69) is 6.07 Å². The first-order valence-corrected chi connectivity index (χ1v) is 7.49. The van der Waals surface area contributed by atoms with Crippen molar-refractivity contribution in [1.29, 1.82) is 5.26 Å². The third kappa shape index (κ3) is 2.99. The number of nitrogens with zero attached hydrogens (tertiary/aromatic N) is 1. The van der Waals surface area contributed by atoms with Crippen molar-refractivity contribution in [2.45, 2.75) is 76.0 Å². The molecular weight excluding hydrogens is 258 g/mol. The van der Waals surface area contributed by atoms with Crippen molar-refractivity contribution in [2.24, 2.45) is 11.8 Å². The third-order valence-corrected chi connectivity index (χ3v) is 4.81. The number of ether oxygens (including phenoxy) is 1. The summed E-state index contributed by atoms with van der Waals surface area (Å²) in [6, 6.07) is 2.21. The van der Waals surface area contributed by atoms with Crippen molar-refractivity contribution in [3.05, 3.63) is 0 Å². The largest absolute Gasteiger partial charge is 0.390 e. The molecule has 7 atom stereocenters. The second kappa shape index (κ2) is 5.98. The zero-order valence-electron chi connectivity index (χ0n) is 12.2. The number of nitriles is 1. The molecule has 1 saturated carbocycles. The lowest BCUT2D eigenvalue weighted by atomic mass is 9.70. The summed E-state index contributed by atoms with van der Waals surface area (Å²) in [7, 11) is 0. The molecule has 20 heavy (non-hydrogen) atoms. The average molecular weight is 283 g/mol. The molecule has 0 bridgehead atoms. The number of hydrogen-bond donors (Lipinski definition) is 3. The molecule has 2 rings (SSSR count). The van der Waals surface area contributed by atoms with Crippen molar-refractivity contribution in [3.8, 4) is 6.07 Å². The van der Waals surface area contributed by atoms with Crippen LogP contribution < -0.4 is 0 Å². The van der Waals surface area contributed by atoms with Gasteiger partial charge in [0, 0.05) is 12.3 Å². The maximum Gasteiger partial charge on any atom is 0.0972 e. The molecule has 0 aromatic carbocycles. The van der Waals surface area contributed by atoms with Gasteiger partial charge in [-0.25, -0.2) is 0 Å². The van der Waals surface area contributed by atoms with Crippen molar-refractivity contribution in [2.75, 3.05) is 0 Å². The van der Waals surface area contributed by atoms with Crippen LogP contribution in [0, 0.1) is 23.2 Å². The van der Waals surface area contributed by atoms with Crippen molar-refractivity contribution in [3.63, 3.8) is 0 Å². The van der Waals surface area contributed by atoms with Crippen LogP contribution in [0.5, 0.6) is 0 Å². The Hall–Kier alpha value is -0.670. The zero-order valence-corrected chi connectivity index (χ0v) is 12.2. The number of rotatable bonds is 2. The molecular formula is C15H25NO4. The predicted molar refractivity (Wildman–Crippen MR) is 72.7 cm³/mol. The van der Waals surface area contributed by atoms with Crippen LogP contribution >= 0.6 is 0 Å². The van der Waals surface area contributed by atoms with E-state index in [-0.39, 0.29) is 24.4 Å². The van der Waals surface area contributed by atoms with Gasteiger partial charge in [0.2, 0.25) is 0 Å². The quantitative estimate of drug-likeness (QED) is 0.702. The summed E-state index contributed by atoms with van der Waals surface area (Å²) in [5, 5.41) is 39.1. The van der Waals surface area contributed by atoms with Crippen LogP contribution in [0.15, 0.2) is 0 Å². The fourth-order valence-corrected chi connectivity index (χ4v) is 3.66. The van der Waals surface area contributed by atoms with Crippen LogP contribution in [0.1, 0.15) is 46.0 Å². The predicted octanol–water partition coefficient (Wildman–Crippen LogP) is 0.967. The molecule has 1 saturated heterocycles. The maximum atomic E-state index is 10.3. The number of aliphatic hydroxyl groups excluding tert-OH is 3. The normalized spacial score (nSPS) is 46.9. The van der Waals surface area contributed by atoms with Crippen LogP contribution in [-0.4, -0.2) is 45.3 Å². The molecule has 1 aliphatic carbocycles. The minimum Gasteiger partial charge on any atom is -0.390 e. The fourth-order valence-electron chi connectivity index (χ4n) is 3.66. The first-order valence-electron chi connectivity index (χ1n) is 7.49. The van der Waals surface area contributed by atoms with Gasteiger partial charge in [0.25, 0.3) is 0 Å². The van der Waals surface area contributed by atoms with Crippen LogP contribution in [0.3, 0.4) is 0 Å². The van der Waals surface area contributed by atoms with E-state index in [0.717, 1.165) is 6.42 Å². The van der Waals surface area contributed by atoms with Crippen molar-refractivity contribution >= 4 is 0 Å². The van der Waals surface area contributed by atoms with E-state index in [9.17, 15) is 15.3 Å². The standard InChI is InChI=1S/C15H25NO4/c1-9(8-16)5-11-3-4-13(18)15(20-11)6-10(2)14(19)12(17)7-15/h9-14,17-19H,3-7H2,1-2H3/t9-,10-,11-,12-,13?,14+,15?/m1/s1. The van der Waals surface area contributed by atoms with Crippen LogP contribution in [0.2, 0.25) is 0 Å². The lowest BCUT2D eigenvalue weighted by molar-refractivity contribution is -0.239. The van der Waals surface area contributed by atoms with Gasteiger partial charge in [-0.2, -0.15) is 5.26 Å². The third-order valence-electron chi connectivity index (χ3n) is 4.81. The lowest BCUT2D eigenvalue weighted by Gasteiger charge is -2.51. The fraction of sp³-hybridized carbons (Fsp3) is 0.933. The average Bonchev–Trinajstić information content (AvgIpc) is 2.40. The van der Waals surface area contributed by atoms with E-state index in [1.165, 1.54) is 0 Å². The Labute approximate surface area is 120 Å². The van der Waals surface area contributed by atoms with Gasteiger partial charge in [0.05, 0.1) is 36.1 Å². The second-order valence-electron chi connectivity index (χ2n) is 6.61. The van der Waals surface area contributed by atoms with Crippen LogP contribution in [0.25, 0.3) is 0 Å². The summed E-state index contributed by atoms with van der Waals surface area (Å²) in [6.45, 7) is 3.73. The highest BCUT2D eigenvalue weighted by atomic mass is 16.5. The molecule has 0 amide bonds. The van der Waals surface area contributed by atoms with Crippen LogP contribution in [-0.2, 0) is 4.74 Å². The molecule has 1 aliphatic heterocycles. The Morgan fingerprint density at radius 1 is 1.30 bits per heavy atom. The van der Waals surface area contributed by atoms with E-state index in [4.69, 9.17) is 10.00 Å². The number of hydrogen-bond acceptors (Lipinski definition) is 5. The molecule has 1 heterocycles. The van der Waals surface area contributed by atoms with Crippen LogP contribution in [0.4, 0.5) is 0 Å². The van der Waals surface area contributed by atoms with Gasteiger partial charge >= 0.3 is 0 Å². The van der Waals surface area contributed by atoms with E-state index >= 15 is 0 Å². The summed E-state index contributed by atoms with van der Waals surface area (Å²) >= 11 is 0. The molecule has 0 aromatic rings. The second-order valence-corrected chi connectivity index (χ2v) is 6.61. The Balaban J connectivity index is 2.10. The SMILES string of the molecule is C[C@@H]1CC2(C[C@@H](O)[C@H]1O)O[C@@H](C[C@@H](C)C#N)CCC2O. The molecule has 2 aliphatic rings. The highest BCUT2D eigenvalue weighted by molar-refractivity contribution is 5.02. The molecule has 114 valence electrons. The van der Waals surface area contributed by atoms with Gasteiger partial charge in [-0.05, 0) is 38.5 Å². The van der Waals surface area contributed by atoms with E-state index in [1.807, 2.05) is 13.8 Å². The van der Waals surface area contributed by atoms with Crippen molar-refractivity contribution < 1.29 is 20.1 Å². The van der Waals surface area contributed by atoms with E-state index in [1.54, 1.807) is 0 Å². The first-order chi connectivity index (χ1) is 9.38. The monoisotopic (exact) mass is 283 g/mol. The zero-order chi connectivity index (χ0) is 14.9. The Kier molecular flexibility index (Phi) is 4.70. The van der Waals surface area contributed by atoms with Gasteiger partial charge in [-0.1, -0.05) is 6.92 Å². The molecule has 5 nitrogen and oxygen atoms in total. The Morgan fingerprint density at radius 2 is 2.00 bits per heavy atom. The summed E-state index contributed by atoms with van der Waals surface area (Å²) in [5.41, 5.74) is -0.768. The summed E-state index contributed by atoms with van der Waals surface area (Å²) in [6.07, 6.45) is 0.540. The van der Waals surface area contributed by atoms with Crippen molar-refractivity contribution in [1.82, 2.24) is 0 Å². The molecule has 5 heteroatoms. The number of aliphatic hydroxyl groups is 3. The highest BCUT2D eigenvalue weighted by Crippen LogP contribution is 2.44. The minimum absolute atomic E-state index is 0.0531. The van der Waals surface area contributed by atoms with Gasteiger partial charge in [0.1, 0.15) is 0 Å². The van der Waals surface area contributed by atoms with E-state index < -0.39 is 23.9 Å². The maximum absolute atomic E-state index is 10.3. The summed E-state index contributed by atoms with van der Waals surface area (Å²) in [5.74, 6) is -0.190. The molecule has 3 N–H and O–H groups in total. The summed E-state index contributed by atoms with van der Waals surface area (Å²) < 4.78 is 6.12. The van der Waals surface area contributed by atoms with Gasteiger partial charge in [0.15, 0.2) is 0 Å².